The number of carbonyl (C=O) groups is 2. The summed E-state index contributed by atoms with van der Waals surface area (Å²) in [6.45, 7) is 0. The van der Waals surface area contributed by atoms with Gasteiger partial charge in [-0.2, -0.15) is 0 Å². The molecule has 0 aliphatic rings. The van der Waals surface area contributed by atoms with Crippen LogP contribution in [-0.4, -0.2) is 59.9 Å². The van der Waals surface area contributed by atoms with Crippen LogP contribution in [0.2, 0.25) is 0 Å². The predicted octanol–water partition coefficient (Wildman–Crippen LogP) is 0.879. The molecule has 0 aromatic heterocycles. The standard InChI is InChI=1S/C12H14O4.Ca.2H/c13-11(14)10(12(15)16)8-4-7-9-5-2-1-3-6-9;;;/h1-3,5-6,10H,4,7-8H2,(H,13,14)(H,15,16);;;. The van der Waals surface area contributed by atoms with E-state index in [0.717, 1.165) is 5.56 Å². The maximum absolute atomic E-state index is 10.6. The molecule has 1 rings (SSSR count). The molecule has 0 heterocycles. The van der Waals surface area contributed by atoms with Crippen LogP contribution in [0.25, 0.3) is 0 Å². The fourth-order valence-corrected chi connectivity index (χ4v) is 1.51. The van der Waals surface area contributed by atoms with Gasteiger partial charge in [0.1, 0.15) is 0 Å². The van der Waals surface area contributed by atoms with Crippen LogP contribution in [0, 0.1) is 5.92 Å². The summed E-state index contributed by atoms with van der Waals surface area (Å²) in [5, 5.41) is 17.3. The van der Waals surface area contributed by atoms with Crippen LogP contribution < -0.4 is 0 Å². The Morgan fingerprint density at radius 2 is 1.59 bits per heavy atom. The van der Waals surface area contributed by atoms with Crippen molar-refractivity contribution < 1.29 is 19.8 Å². The average molecular weight is 264 g/mol. The number of hydrogen-bond acceptors (Lipinski definition) is 2. The molecule has 0 bridgehead atoms. The molecule has 0 atom stereocenters. The predicted molar refractivity (Wildman–Crippen MR) is 66.7 cm³/mol. The second-order valence-electron chi connectivity index (χ2n) is 3.61. The van der Waals surface area contributed by atoms with Crippen molar-refractivity contribution in [3.8, 4) is 0 Å². The van der Waals surface area contributed by atoms with E-state index in [2.05, 4.69) is 0 Å². The second-order valence-corrected chi connectivity index (χ2v) is 3.61. The first-order chi connectivity index (χ1) is 7.61. The third kappa shape index (κ3) is 6.05. The van der Waals surface area contributed by atoms with Gasteiger partial charge in [0.2, 0.25) is 0 Å². The SMILES string of the molecule is O=C(O)C(CCCc1ccccc1)C(=O)O.[CaH2]. The molecule has 5 heteroatoms. The molecule has 0 amide bonds. The molecule has 0 saturated carbocycles. The minimum absolute atomic E-state index is 0. The third-order valence-corrected chi connectivity index (χ3v) is 2.40. The van der Waals surface area contributed by atoms with Gasteiger partial charge in [0.25, 0.3) is 0 Å². The molecule has 0 fully saturated rings. The summed E-state index contributed by atoms with van der Waals surface area (Å²) in [4.78, 5) is 21.2. The van der Waals surface area contributed by atoms with E-state index in [0.29, 0.717) is 12.8 Å². The van der Waals surface area contributed by atoms with Crippen molar-refractivity contribution in [1.82, 2.24) is 0 Å². The fourth-order valence-electron chi connectivity index (χ4n) is 1.51. The Hall–Kier alpha value is -0.580. The van der Waals surface area contributed by atoms with E-state index < -0.39 is 17.9 Å². The molecule has 1 aromatic rings. The summed E-state index contributed by atoms with van der Waals surface area (Å²) < 4.78 is 0. The molecular formula is C12H16CaO4. The first kappa shape index (κ1) is 16.4. The van der Waals surface area contributed by atoms with Gasteiger partial charge in [-0.15, -0.1) is 0 Å². The Morgan fingerprint density at radius 1 is 1.06 bits per heavy atom. The summed E-state index contributed by atoms with van der Waals surface area (Å²) in [5.74, 6) is -3.81. The zero-order chi connectivity index (χ0) is 12.0. The maximum atomic E-state index is 10.6. The molecule has 0 aliphatic heterocycles. The number of aryl methyl sites for hydroxylation is 1. The van der Waals surface area contributed by atoms with Crippen LogP contribution in [0.3, 0.4) is 0 Å². The molecule has 0 radical (unpaired) electrons. The van der Waals surface area contributed by atoms with Gasteiger partial charge in [-0.3, -0.25) is 9.59 Å². The zero-order valence-corrected chi connectivity index (χ0v) is 8.80. The normalized spacial score (nSPS) is 9.71. The van der Waals surface area contributed by atoms with Crippen molar-refractivity contribution >= 4 is 49.7 Å². The van der Waals surface area contributed by atoms with E-state index in [-0.39, 0.29) is 44.2 Å². The topological polar surface area (TPSA) is 74.6 Å². The van der Waals surface area contributed by atoms with Crippen molar-refractivity contribution in [1.29, 1.82) is 0 Å². The Bertz CT molecular complexity index is 350. The van der Waals surface area contributed by atoms with Gasteiger partial charge in [0.05, 0.1) is 0 Å². The summed E-state index contributed by atoms with van der Waals surface area (Å²) in [6, 6.07) is 9.59. The van der Waals surface area contributed by atoms with Crippen LogP contribution >= 0.6 is 0 Å². The van der Waals surface area contributed by atoms with Crippen LogP contribution in [0.5, 0.6) is 0 Å². The fraction of sp³-hybridized carbons (Fsp3) is 0.333. The molecular weight excluding hydrogens is 248 g/mol. The van der Waals surface area contributed by atoms with Crippen LogP contribution in [0.1, 0.15) is 18.4 Å². The molecule has 17 heavy (non-hydrogen) atoms. The summed E-state index contributed by atoms with van der Waals surface area (Å²) >= 11 is 0. The van der Waals surface area contributed by atoms with E-state index in [1.54, 1.807) is 0 Å². The summed E-state index contributed by atoms with van der Waals surface area (Å²) in [6.07, 6.45) is 1.44. The number of hydrogen-bond donors (Lipinski definition) is 2. The van der Waals surface area contributed by atoms with Gasteiger partial charge in [0, 0.05) is 0 Å². The summed E-state index contributed by atoms with van der Waals surface area (Å²) in [7, 11) is 0. The van der Waals surface area contributed by atoms with E-state index >= 15 is 0 Å². The van der Waals surface area contributed by atoms with E-state index in [9.17, 15) is 9.59 Å². The first-order valence-corrected chi connectivity index (χ1v) is 5.11. The van der Waals surface area contributed by atoms with E-state index in [4.69, 9.17) is 10.2 Å². The molecule has 90 valence electrons. The third-order valence-electron chi connectivity index (χ3n) is 2.40. The molecule has 0 unspecified atom stereocenters. The van der Waals surface area contributed by atoms with E-state index in [1.807, 2.05) is 30.3 Å². The van der Waals surface area contributed by atoms with Gasteiger partial charge in [0.15, 0.2) is 5.92 Å². The monoisotopic (exact) mass is 264 g/mol. The molecule has 0 aliphatic carbocycles. The van der Waals surface area contributed by atoms with Crippen LogP contribution in [0.15, 0.2) is 30.3 Å². The van der Waals surface area contributed by atoms with Crippen molar-refractivity contribution in [2.45, 2.75) is 19.3 Å². The molecule has 2 N–H and O–H groups in total. The quantitative estimate of drug-likeness (QED) is 0.591. The van der Waals surface area contributed by atoms with Crippen molar-refractivity contribution in [3.63, 3.8) is 0 Å². The van der Waals surface area contributed by atoms with Gasteiger partial charge in [-0.1, -0.05) is 30.3 Å². The molecule has 0 spiro atoms. The number of benzene rings is 1. The van der Waals surface area contributed by atoms with Crippen LogP contribution in [0.4, 0.5) is 0 Å². The molecule has 1 aromatic carbocycles. The van der Waals surface area contributed by atoms with Crippen LogP contribution in [-0.2, 0) is 16.0 Å². The average Bonchev–Trinajstić information content (AvgIpc) is 2.24. The number of rotatable bonds is 6. The van der Waals surface area contributed by atoms with Gasteiger partial charge in [-0.25, -0.2) is 0 Å². The first-order valence-electron chi connectivity index (χ1n) is 5.11. The number of aliphatic carboxylic acids is 2. The Balaban J connectivity index is 0.00000256. The molecule has 0 saturated heterocycles. The van der Waals surface area contributed by atoms with Gasteiger partial charge >= 0.3 is 49.7 Å². The van der Waals surface area contributed by atoms with Crippen molar-refractivity contribution in [3.05, 3.63) is 35.9 Å². The van der Waals surface area contributed by atoms with Gasteiger partial charge in [-0.05, 0) is 24.8 Å². The number of carboxylic acid groups (broad SMARTS) is 2. The Kier molecular flexibility index (Phi) is 8.21. The van der Waals surface area contributed by atoms with E-state index in [1.165, 1.54) is 0 Å². The second kappa shape index (κ2) is 8.50. The minimum atomic E-state index is -1.29. The zero-order valence-electron chi connectivity index (χ0n) is 8.80. The summed E-state index contributed by atoms with van der Waals surface area (Å²) in [5.41, 5.74) is 1.09. The number of carboxylic acids is 2. The Morgan fingerprint density at radius 3 is 2.06 bits per heavy atom. The van der Waals surface area contributed by atoms with Gasteiger partial charge < -0.3 is 10.2 Å². The molecule has 4 nitrogen and oxygen atoms in total. The van der Waals surface area contributed by atoms with Crippen molar-refractivity contribution in [2.24, 2.45) is 5.92 Å². The Labute approximate surface area is 130 Å². The van der Waals surface area contributed by atoms with Crippen molar-refractivity contribution in [2.75, 3.05) is 0 Å².